The molecule has 2 aromatic carbocycles. The van der Waals surface area contributed by atoms with Crippen LogP contribution in [0.5, 0.6) is 0 Å². The monoisotopic (exact) mass is 494 g/mol. The number of rotatable bonds is 8. The van der Waals surface area contributed by atoms with Gasteiger partial charge >= 0.3 is 0 Å². The van der Waals surface area contributed by atoms with Gasteiger partial charge in [0.2, 0.25) is 0 Å². The second kappa shape index (κ2) is 9.89. The Morgan fingerprint density at radius 2 is 1.59 bits per heavy atom. The first-order valence-corrected chi connectivity index (χ1v) is 18.7. The first-order valence-electron chi connectivity index (χ1n) is 12.9. The van der Waals surface area contributed by atoms with Crippen LogP contribution in [0.25, 0.3) is 16.3 Å². The van der Waals surface area contributed by atoms with E-state index in [1.807, 2.05) is 0 Å². The summed E-state index contributed by atoms with van der Waals surface area (Å²) in [7, 11) is -4.04. The van der Waals surface area contributed by atoms with Crippen molar-refractivity contribution in [3.05, 3.63) is 65.8 Å². The minimum absolute atomic E-state index is 0.0220. The quantitative estimate of drug-likeness (QED) is 0.371. The lowest BCUT2D eigenvalue weighted by molar-refractivity contribution is 0.252. The van der Waals surface area contributed by atoms with E-state index in [1.165, 1.54) is 27.5 Å². The van der Waals surface area contributed by atoms with Gasteiger partial charge in [-0.3, -0.25) is 0 Å². The Morgan fingerprint density at radius 3 is 2.24 bits per heavy atom. The summed E-state index contributed by atoms with van der Waals surface area (Å²) in [6.45, 7) is 21.0. The third kappa shape index (κ3) is 6.20. The molecule has 0 bridgehead atoms. The van der Waals surface area contributed by atoms with Gasteiger partial charge in [-0.05, 0) is 77.4 Å². The van der Waals surface area contributed by atoms with Gasteiger partial charge < -0.3 is 9.22 Å². The van der Waals surface area contributed by atoms with Gasteiger partial charge in [0.1, 0.15) is 0 Å². The highest BCUT2D eigenvalue weighted by Crippen LogP contribution is 2.43. The third-order valence-electron chi connectivity index (χ3n) is 8.59. The number of allylic oxidation sites excluding steroid dienone is 3. The topological polar surface area (TPSA) is 29.5 Å². The Labute approximate surface area is 210 Å². The Hall–Kier alpha value is -1.47. The third-order valence-corrected chi connectivity index (χ3v) is 16.6. The smallest absolute Gasteiger partial charge is 0.192 e. The van der Waals surface area contributed by atoms with E-state index in [0.717, 1.165) is 25.9 Å². The molecule has 3 rings (SSSR count). The van der Waals surface area contributed by atoms with Crippen molar-refractivity contribution in [3.63, 3.8) is 0 Å². The van der Waals surface area contributed by atoms with Gasteiger partial charge in [-0.1, -0.05) is 94.8 Å². The highest BCUT2D eigenvalue weighted by molar-refractivity contribution is 6.74. The average Bonchev–Trinajstić information content (AvgIpc) is 2.74. The molecular weight excluding hydrogens is 449 g/mol. The van der Waals surface area contributed by atoms with E-state index >= 15 is 0 Å². The summed E-state index contributed by atoms with van der Waals surface area (Å²) in [5.41, 5.74) is 4.15. The summed E-state index contributed by atoms with van der Waals surface area (Å²) >= 11 is 0. The zero-order valence-corrected chi connectivity index (χ0v) is 25.0. The summed E-state index contributed by atoms with van der Waals surface area (Å²) in [5.74, 6) is 0.380. The molecule has 1 atom stereocenters. The molecular formula is C30H46O2Si2. The summed E-state index contributed by atoms with van der Waals surface area (Å²) in [6, 6.07) is 15.4. The standard InChI is InChI=1S/C30H46O2Si2/c1-29(2,3)34(8,9)32-22-24-19-23(17-18-30(4,5)33(6,7)31)20-26(21-24)28-16-12-14-25-13-10-11-15-27(25)28/h10-16,19-20,24,31H,17-18,21-22H2,1-9H3. The zero-order chi connectivity index (χ0) is 25.4. The van der Waals surface area contributed by atoms with Crippen LogP contribution in [-0.4, -0.2) is 28.0 Å². The number of hydrogen-bond donors (Lipinski definition) is 1. The molecule has 186 valence electrons. The number of hydrogen-bond acceptors (Lipinski definition) is 2. The first kappa shape index (κ1) is 27.1. The van der Waals surface area contributed by atoms with Gasteiger partial charge in [-0.15, -0.1) is 0 Å². The van der Waals surface area contributed by atoms with E-state index in [1.54, 1.807) is 0 Å². The van der Waals surface area contributed by atoms with Gasteiger partial charge in [0.25, 0.3) is 0 Å². The van der Waals surface area contributed by atoms with E-state index in [2.05, 4.69) is 115 Å². The Bertz CT molecular complexity index is 1060. The second-order valence-corrected chi connectivity index (χ2v) is 22.2. The van der Waals surface area contributed by atoms with Crippen molar-refractivity contribution < 1.29 is 9.22 Å². The lowest BCUT2D eigenvalue weighted by Gasteiger charge is -2.38. The molecule has 0 saturated heterocycles. The van der Waals surface area contributed by atoms with E-state index in [9.17, 15) is 4.80 Å². The van der Waals surface area contributed by atoms with Crippen molar-refractivity contribution in [1.29, 1.82) is 0 Å². The molecule has 34 heavy (non-hydrogen) atoms. The van der Waals surface area contributed by atoms with Crippen LogP contribution in [0.4, 0.5) is 0 Å². The van der Waals surface area contributed by atoms with Crippen LogP contribution in [0.1, 0.15) is 59.4 Å². The lowest BCUT2D eigenvalue weighted by atomic mass is 9.84. The number of benzene rings is 2. The van der Waals surface area contributed by atoms with Crippen LogP contribution in [0.2, 0.25) is 36.3 Å². The lowest BCUT2D eigenvalue weighted by Crippen LogP contribution is -2.42. The molecule has 0 saturated carbocycles. The minimum atomic E-state index is -2.23. The highest BCUT2D eigenvalue weighted by Gasteiger charge is 2.39. The van der Waals surface area contributed by atoms with Gasteiger partial charge in [0.15, 0.2) is 16.6 Å². The molecule has 0 aliphatic heterocycles. The summed E-state index contributed by atoms with van der Waals surface area (Å²) in [5, 5.41) is 2.81. The maximum atomic E-state index is 10.8. The molecule has 1 aliphatic rings. The van der Waals surface area contributed by atoms with E-state index in [0.29, 0.717) is 5.92 Å². The van der Waals surface area contributed by atoms with Gasteiger partial charge in [0.05, 0.1) is 0 Å². The van der Waals surface area contributed by atoms with E-state index in [4.69, 9.17) is 4.43 Å². The largest absolute Gasteiger partial charge is 0.432 e. The molecule has 4 heteroatoms. The molecule has 0 fully saturated rings. The van der Waals surface area contributed by atoms with Crippen LogP contribution in [0.15, 0.2) is 60.2 Å². The van der Waals surface area contributed by atoms with E-state index < -0.39 is 16.6 Å². The fraction of sp³-hybridized carbons (Fsp3) is 0.533. The fourth-order valence-electron chi connectivity index (χ4n) is 4.23. The van der Waals surface area contributed by atoms with E-state index in [-0.39, 0.29) is 10.1 Å². The van der Waals surface area contributed by atoms with Crippen LogP contribution in [0.3, 0.4) is 0 Å². The van der Waals surface area contributed by atoms with Gasteiger partial charge in [0, 0.05) is 12.5 Å². The maximum Gasteiger partial charge on any atom is 0.192 e. The Kier molecular flexibility index (Phi) is 7.89. The first-order chi connectivity index (χ1) is 15.6. The molecule has 1 unspecified atom stereocenters. The van der Waals surface area contributed by atoms with Crippen molar-refractivity contribution in [2.24, 2.45) is 5.92 Å². The van der Waals surface area contributed by atoms with Crippen LogP contribution >= 0.6 is 0 Å². The van der Waals surface area contributed by atoms with Gasteiger partial charge in [-0.2, -0.15) is 0 Å². The fourth-order valence-corrected chi connectivity index (χ4v) is 6.03. The highest BCUT2D eigenvalue weighted by atomic mass is 28.4. The predicted octanol–water partition coefficient (Wildman–Crippen LogP) is 8.95. The molecule has 0 radical (unpaired) electrons. The summed E-state index contributed by atoms with van der Waals surface area (Å²) in [6.07, 6.45) is 7.89. The second-order valence-electron chi connectivity index (χ2n) is 12.9. The predicted molar refractivity (Wildman–Crippen MR) is 154 cm³/mol. The molecule has 2 nitrogen and oxygen atoms in total. The van der Waals surface area contributed by atoms with Crippen molar-refractivity contribution in [2.45, 2.75) is 90.1 Å². The summed E-state index contributed by atoms with van der Waals surface area (Å²) < 4.78 is 6.69. The molecule has 0 amide bonds. The average molecular weight is 495 g/mol. The van der Waals surface area contributed by atoms with Crippen LogP contribution < -0.4 is 0 Å². The molecule has 2 aromatic rings. The molecule has 0 heterocycles. The normalized spacial score (nSPS) is 18.1. The van der Waals surface area contributed by atoms with Crippen molar-refractivity contribution in [1.82, 2.24) is 0 Å². The molecule has 0 aromatic heterocycles. The van der Waals surface area contributed by atoms with Crippen molar-refractivity contribution in [2.75, 3.05) is 6.61 Å². The SMILES string of the molecule is CC(C)(CCC1=CC(CO[Si](C)(C)C(C)(C)C)CC(c2cccc3ccccc23)=C1)[Si](C)(C)O. The molecule has 1 aliphatic carbocycles. The zero-order valence-electron chi connectivity index (χ0n) is 23.0. The number of fused-ring (bicyclic) bond motifs is 1. The molecule has 1 N–H and O–H groups in total. The maximum absolute atomic E-state index is 10.8. The van der Waals surface area contributed by atoms with Gasteiger partial charge in [-0.25, -0.2) is 0 Å². The Balaban J connectivity index is 1.92. The van der Waals surface area contributed by atoms with Crippen LogP contribution in [-0.2, 0) is 4.43 Å². The van der Waals surface area contributed by atoms with Crippen LogP contribution in [0, 0.1) is 5.92 Å². The Morgan fingerprint density at radius 1 is 0.941 bits per heavy atom. The molecule has 0 spiro atoms. The van der Waals surface area contributed by atoms with Crippen molar-refractivity contribution >= 4 is 33.0 Å². The minimum Gasteiger partial charge on any atom is -0.432 e. The van der Waals surface area contributed by atoms with Crippen molar-refractivity contribution in [3.8, 4) is 0 Å². The summed E-state index contributed by atoms with van der Waals surface area (Å²) in [4.78, 5) is 10.8.